The van der Waals surface area contributed by atoms with E-state index < -0.39 is 10.0 Å². The monoisotopic (exact) mass is 446 g/mol. The Morgan fingerprint density at radius 2 is 1.84 bits per heavy atom. The number of benzene rings is 2. The molecule has 0 radical (unpaired) electrons. The summed E-state index contributed by atoms with van der Waals surface area (Å²) in [6.45, 7) is 2.88. The summed E-state index contributed by atoms with van der Waals surface area (Å²) in [7, 11) is -1.67. The van der Waals surface area contributed by atoms with Gasteiger partial charge in [0.15, 0.2) is 0 Å². The number of likely N-dealkylation sites (N-methyl/N-ethyl adjacent to an activating group) is 1. The molecule has 1 aliphatic heterocycles. The molecule has 2 aromatic carbocycles. The van der Waals surface area contributed by atoms with Crippen molar-refractivity contribution < 1.29 is 18.3 Å². The first kappa shape index (κ1) is 23.1. The van der Waals surface area contributed by atoms with Crippen LogP contribution in [0.5, 0.6) is 5.75 Å². The number of hydrogen-bond acceptors (Lipinski definition) is 6. The van der Waals surface area contributed by atoms with Gasteiger partial charge in [-0.3, -0.25) is 4.79 Å². The van der Waals surface area contributed by atoms with E-state index >= 15 is 0 Å². The lowest BCUT2D eigenvalue weighted by Crippen LogP contribution is -2.39. The molecule has 31 heavy (non-hydrogen) atoms. The van der Waals surface area contributed by atoms with Crippen molar-refractivity contribution >= 4 is 21.6 Å². The fourth-order valence-corrected chi connectivity index (χ4v) is 4.05. The SMILES string of the molecule is CN(C(=O)Cc1ccc(O)c(NNS(C)(=O)=O)c1)[C@H](CN1CCCC1)c1ccccc1. The molecule has 1 heterocycles. The van der Waals surface area contributed by atoms with Crippen LogP contribution in [-0.4, -0.2) is 62.2 Å². The summed E-state index contributed by atoms with van der Waals surface area (Å²) in [4.78, 5) is 19.4. The lowest BCUT2D eigenvalue weighted by molar-refractivity contribution is -0.131. The Hall–Kier alpha value is -2.62. The van der Waals surface area contributed by atoms with Crippen LogP contribution < -0.4 is 10.3 Å². The van der Waals surface area contributed by atoms with E-state index in [0.717, 1.165) is 31.5 Å². The van der Waals surface area contributed by atoms with Gasteiger partial charge in [-0.05, 0) is 49.2 Å². The van der Waals surface area contributed by atoms with Crippen LogP contribution in [-0.2, 0) is 21.2 Å². The standard InChI is InChI=1S/C22H30N4O4S/c1-25(20(16-26-12-6-7-13-26)18-8-4-3-5-9-18)22(28)15-17-10-11-21(27)19(14-17)23-24-31(2,29)30/h3-5,8-11,14,20,23-24,27H,6-7,12-13,15-16H2,1-2H3/t20-/m1/s1. The molecule has 0 bridgehead atoms. The molecular weight excluding hydrogens is 416 g/mol. The highest BCUT2D eigenvalue weighted by molar-refractivity contribution is 7.88. The van der Waals surface area contributed by atoms with E-state index in [1.165, 1.54) is 18.9 Å². The Morgan fingerprint density at radius 1 is 1.16 bits per heavy atom. The summed E-state index contributed by atoms with van der Waals surface area (Å²) >= 11 is 0. The third kappa shape index (κ3) is 6.68. The average Bonchev–Trinajstić information content (AvgIpc) is 3.25. The predicted octanol–water partition coefficient (Wildman–Crippen LogP) is 2.11. The molecule has 0 unspecified atom stereocenters. The number of nitrogens with zero attached hydrogens (tertiary/aromatic N) is 2. The number of hydrazine groups is 1. The summed E-state index contributed by atoms with van der Waals surface area (Å²) < 4.78 is 22.6. The normalized spacial score (nSPS) is 15.5. The van der Waals surface area contributed by atoms with Crippen LogP contribution in [0.2, 0.25) is 0 Å². The minimum atomic E-state index is -3.49. The van der Waals surface area contributed by atoms with Gasteiger partial charge in [-0.1, -0.05) is 36.4 Å². The Kier molecular flexibility index (Phi) is 7.53. The second-order valence-electron chi connectivity index (χ2n) is 7.97. The largest absolute Gasteiger partial charge is 0.506 e. The molecule has 1 saturated heterocycles. The Balaban J connectivity index is 1.74. The van der Waals surface area contributed by atoms with Crippen molar-refractivity contribution in [3.8, 4) is 5.75 Å². The summed E-state index contributed by atoms with van der Waals surface area (Å²) in [6.07, 6.45) is 3.51. The molecule has 0 aromatic heterocycles. The quantitative estimate of drug-likeness (QED) is 0.403. The maximum absolute atomic E-state index is 13.1. The smallest absolute Gasteiger partial charge is 0.227 e. The van der Waals surface area contributed by atoms with Crippen molar-refractivity contribution in [3.05, 3.63) is 59.7 Å². The number of hydrogen-bond donors (Lipinski definition) is 3. The van der Waals surface area contributed by atoms with Crippen LogP contribution in [0, 0.1) is 0 Å². The Labute approximate surface area is 183 Å². The third-order valence-electron chi connectivity index (χ3n) is 5.46. The van der Waals surface area contributed by atoms with E-state index in [1.54, 1.807) is 17.0 Å². The van der Waals surface area contributed by atoms with E-state index in [2.05, 4.69) is 15.2 Å². The number of aromatic hydroxyl groups is 1. The molecule has 8 nitrogen and oxygen atoms in total. The van der Waals surface area contributed by atoms with Crippen LogP contribution in [0.25, 0.3) is 0 Å². The number of likely N-dealkylation sites (tertiary alicyclic amines) is 1. The maximum atomic E-state index is 13.1. The lowest BCUT2D eigenvalue weighted by Gasteiger charge is -2.32. The summed E-state index contributed by atoms with van der Waals surface area (Å²) in [5.74, 6) is -0.169. The molecule has 0 aliphatic carbocycles. The first-order valence-corrected chi connectivity index (χ1v) is 12.2. The van der Waals surface area contributed by atoms with Gasteiger partial charge in [0.25, 0.3) is 0 Å². The van der Waals surface area contributed by atoms with Gasteiger partial charge in [0, 0.05) is 13.6 Å². The molecule has 2 aromatic rings. The fraction of sp³-hybridized carbons (Fsp3) is 0.409. The van der Waals surface area contributed by atoms with Crippen molar-refractivity contribution in [2.45, 2.75) is 25.3 Å². The van der Waals surface area contributed by atoms with Gasteiger partial charge >= 0.3 is 0 Å². The van der Waals surface area contributed by atoms with E-state index in [9.17, 15) is 18.3 Å². The first-order chi connectivity index (χ1) is 14.7. The zero-order valence-electron chi connectivity index (χ0n) is 17.9. The second-order valence-corrected chi connectivity index (χ2v) is 9.71. The van der Waals surface area contributed by atoms with Gasteiger partial charge < -0.3 is 20.3 Å². The van der Waals surface area contributed by atoms with E-state index in [4.69, 9.17) is 0 Å². The molecule has 3 rings (SSSR count). The van der Waals surface area contributed by atoms with Crippen LogP contribution in [0.4, 0.5) is 5.69 Å². The zero-order chi connectivity index (χ0) is 22.4. The highest BCUT2D eigenvalue weighted by Crippen LogP contribution is 2.26. The predicted molar refractivity (Wildman–Crippen MR) is 121 cm³/mol. The number of phenols is 1. The van der Waals surface area contributed by atoms with E-state index in [1.807, 2.05) is 37.4 Å². The second kappa shape index (κ2) is 10.1. The van der Waals surface area contributed by atoms with E-state index in [0.29, 0.717) is 5.56 Å². The number of phenolic OH excluding ortho intramolecular Hbond substituents is 1. The van der Waals surface area contributed by atoms with Crippen molar-refractivity contribution in [1.29, 1.82) is 0 Å². The summed E-state index contributed by atoms with van der Waals surface area (Å²) in [6, 6.07) is 14.6. The van der Waals surface area contributed by atoms with Gasteiger partial charge in [-0.25, -0.2) is 8.42 Å². The average molecular weight is 447 g/mol. The number of carbonyl (C=O) groups excluding carboxylic acids is 1. The molecule has 1 aliphatic rings. The van der Waals surface area contributed by atoms with Gasteiger partial charge in [-0.2, -0.15) is 0 Å². The van der Waals surface area contributed by atoms with Crippen molar-refractivity contribution in [3.63, 3.8) is 0 Å². The highest BCUT2D eigenvalue weighted by Gasteiger charge is 2.25. The molecule has 168 valence electrons. The molecule has 9 heteroatoms. The van der Waals surface area contributed by atoms with Crippen LogP contribution in [0.3, 0.4) is 0 Å². The number of nitrogens with one attached hydrogen (secondary N) is 2. The number of rotatable bonds is 9. The Bertz CT molecular complexity index is 992. The van der Waals surface area contributed by atoms with Crippen molar-refractivity contribution in [2.24, 2.45) is 0 Å². The number of sulfonamides is 1. The molecule has 3 N–H and O–H groups in total. The van der Waals surface area contributed by atoms with Crippen molar-refractivity contribution in [2.75, 3.05) is 38.4 Å². The maximum Gasteiger partial charge on any atom is 0.227 e. The van der Waals surface area contributed by atoms with Gasteiger partial charge in [-0.15, -0.1) is 4.83 Å². The molecule has 0 saturated carbocycles. The zero-order valence-corrected chi connectivity index (χ0v) is 18.7. The minimum Gasteiger partial charge on any atom is -0.506 e. The van der Waals surface area contributed by atoms with Crippen LogP contribution >= 0.6 is 0 Å². The number of carbonyl (C=O) groups is 1. The van der Waals surface area contributed by atoms with E-state index in [-0.39, 0.29) is 29.8 Å². The molecule has 1 amide bonds. The Morgan fingerprint density at radius 3 is 2.48 bits per heavy atom. The molecule has 1 fully saturated rings. The minimum absolute atomic E-state index is 0.0548. The molecule has 0 spiro atoms. The van der Waals surface area contributed by atoms with Gasteiger partial charge in [0.2, 0.25) is 15.9 Å². The third-order valence-corrected chi connectivity index (χ3v) is 5.94. The summed E-state index contributed by atoms with van der Waals surface area (Å²) in [5.41, 5.74) is 4.42. The first-order valence-electron chi connectivity index (χ1n) is 10.3. The fourth-order valence-electron chi connectivity index (χ4n) is 3.75. The van der Waals surface area contributed by atoms with Crippen molar-refractivity contribution in [1.82, 2.24) is 14.6 Å². The molecule has 1 atom stereocenters. The summed E-state index contributed by atoms with van der Waals surface area (Å²) in [5, 5.41) is 9.97. The van der Waals surface area contributed by atoms with Crippen LogP contribution in [0.1, 0.15) is 30.0 Å². The van der Waals surface area contributed by atoms with Gasteiger partial charge in [0.05, 0.1) is 24.4 Å². The highest BCUT2D eigenvalue weighted by atomic mass is 32.2. The van der Waals surface area contributed by atoms with Gasteiger partial charge in [0.1, 0.15) is 5.75 Å². The molecular formula is C22H30N4O4S. The number of anilines is 1. The van der Waals surface area contributed by atoms with Crippen LogP contribution in [0.15, 0.2) is 48.5 Å². The topological polar surface area (TPSA) is 102 Å². The lowest BCUT2D eigenvalue weighted by atomic mass is 10.0. The number of amides is 1.